The van der Waals surface area contributed by atoms with Crippen molar-refractivity contribution in [2.45, 2.75) is 31.6 Å². The molecule has 4 aromatic heterocycles. The second-order valence-electron chi connectivity index (χ2n) is 9.12. The number of aromatic nitrogens is 5. The number of hydrogen-bond acceptors (Lipinski definition) is 8. The number of H-pyrrole nitrogens is 1. The standard InChI is InChI=1S/C25H24F3N9/c1-14(15-3-4-21(30-9-15)35-18-5-6-37(2)13-18)34-24-33-10-16(8-29)22(36-24)20-12-32-23-19(20)7-17(11-31-23)25(26,27)28/h3-4,7,9-12,14,18H,5-6,13H2,1-2H3,(H,30,35)(H,31,32)(H,33,34,36). The maximum Gasteiger partial charge on any atom is 0.417 e. The fourth-order valence-electron chi connectivity index (χ4n) is 4.38. The molecule has 9 nitrogen and oxygen atoms in total. The maximum absolute atomic E-state index is 13.3. The minimum Gasteiger partial charge on any atom is -0.366 e. The maximum atomic E-state index is 13.3. The molecule has 0 amide bonds. The third-order valence-electron chi connectivity index (χ3n) is 6.40. The number of rotatable bonds is 6. The van der Waals surface area contributed by atoms with E-state index in [1.165, 1.54) is 12.4 Å². The van der Waals surface area contributed by atoms with Gasteiger partial charge in [-0.05, 0) is 44.6 Å². The average molecular weight is 508 g/mol. The lowest BCUT2D eigenvalue weighted by molar-refractivity contribution is -0.137. The Hall–Kier alpha value is -4.24. The molecule has 37 heavy (non-hydrogen) atoms. The Morgan fingerprint density at radius 1 is 1.19 bits per heavy atom. The van der Waals surface area contributed by atoms with Gasteiger partial charge in [0.2, 0.25) is 5.95 Å². The van der Waals surface area contributed by atoms with Gasteiger partial charge in [-0.3, -0.25) is 0 Å². The number of nitrogens with one attached hydrogen (secondary N) is 3. The van der Waals surface area contributed by atoms with Crippen molar-refractivity contribution in [3.05, 3.63) is 59.7 Å². The van der Waals surface area contributed by atoms with Gasteiger partial charge in [-0.1, -0.05) is 6.07 Å². The summed E-state index contributed by atoms with van der Waals surface area (Å²) in [4.78, 5) is 22.2. The van der Waals surface area contributed by atoms with Crippen LogP contribution in [0.2, 0.25) is 0 Å². The number of pyridine rings is 2. The molecule has 5 heterocycles. The zero-order valence-corrected chi connectivity index (χ0v) is 20.1. The lowest BCUT2D eigenvalue weighted by Crippen LogP contribution is -2.24. The van der Waals surface area contributed by atoms with Crippen LogP contribution in [0.1, 0.15) is 36.1 Å². The molecule has 4 aromatic rings. The summed E-state index contributed by atoms with van der Waals surface area (Å²) in [5.41, 5.74) is 0.945. The molecule has 1 aliphatic heterocycles. The molecule has 2 atom stereocenters. The van der Waals surface area contributed by atoms with Crippen LogP contribution >= 0.6 is 0 Å². The number of nitrogens with zero attached hydrogens (tertiary/aromatic N) is 6. The second-order valence-corrected chi connectivity index (χ2v) is 9.12. The van der Waals surface area contributed by atoms with Crippen molar-refractivity contribution in [2.75, 3.05) is 30.8 Å². The Morgan fingerprint density at radius 3 is 2.70 bits per heavy atom. The second kappa shape index (κ2) is 9.67. The van der Waals surface area contributed by atoms with Gasteiger partial charge in [-0.2, -0.15) is 18.4 Å². The Labute approximate surface area is 210 Å². The zero-order chi connectivity index (χ0) is 26.2. The van der Waals surface area contributed by atoms with Gasteiger partial charge in [0, 0.05) is 42.1 Å². The highest BCUT2D eigenvalue weighted by molar-refractivity contribution is 5.94. The Balaban J connectivity index is 1.38. The lowest BCUT2D eigenvalue weighted by Gasteiger charge is -2.17. The van der Waals surface area contributed by atoms with Crippen molar-refractivity contribution in [2.24, 2.45) is 0 Å². The molecule has 0 bridgehead atoms. The van der Waals surface area contributed by atoms with E-state index in [4.69, 9.17) is 0 Å². The molecule has 0 aromatic carbocycles. The summed E-state index contributed by atoms with van der Waals surface area (Å²) in [6, 6.07) is 7.05. The number of halogens is 3. The minimum absolute atomic E-state index is 0.131. The molecule has 0 spiro atoms. The van der Waals surface area contributed by atoms with E-state index in [0.29, 0.717) is 11.6 Å². The van der Waals surface area contributed by atoms with E-state index >= 15 is 0 Å². The minimum atomic E-state index is -4.55. The van der Waals surface area contributed by atoms with E-state index in [2.05, 4.69) is 47.5 Å². The molecule has 190 valence electrons. The van der Waals surface area contributed by atoms with Crippen LogP contribution in [-0.4, -0.2) is 56.0 Å². The van der Waals surface area contributed by atoms with Crippen LogP contribution in [-0.2, 0) is 6.18 Å². The van der Waals surface area contributed by atoms with Gasteiger partial charge in [0.1, 0.15) is 17.5 Å². The van der Waals surface area contributed by atoms with E-state index in [1.807, 2.05) is 25.1 Å². The molecule has 5 rings (SSSR count). The van der Waals surface area contributed by atoms with Gasteiger partial charge >= 0.3 is 6.18 Å². The van der Waals surface area contributed by atoms with E-state index in [-0.39, 0.29) is 34.3 Å². The first-order valence-electron chi connectivity index (χ1n) is 11.7. The summed E-state index contributed by atoms with van der Waals surface area (Å²) in [7, 11) is 2.09. The van der Waals surface area contributed by atoms with Gasteiger partial charge in [-0.15, -0.1) is 0 Å². The summed E-state index contributed by atoms with van der Waals surface area (Å²) < 4.78 is 39.8. The number of anilines is 2. The van der Waals surface area contributed by atoms with Gasteiger partial charge in [0.15, 0.2) is 0 Å². The smallest absolute Gasteiger partial charge is 0.366 e. The number of nitriles is 1. The molecule has 2 unspecified atom stereocenters. The van der Waals surface area contributed by atoms with Gasteiger partial charge in [0.05, 0.1) is 29.1 Å². The van der Waals surface area contributed by atoms with E-state index in [0.717, 1.165) is 43.2 Å². The largest absolute Gasteiger partial charge is 0.417 e. The molecule has 3 N–H and O–H groups in total. The number of hydrogen-bond donors (Lipinski definition) is 3. The summed E-state index contributed by atoms with van der Waals surface area (Å²) in [6.07, 6.45) is 1.90. The van der Waals surface area contributed by atoms with Gasteiger partial charge in [-0.25, -0.2) is 19.9 Å². The van der Waals surface area contributed by atoms with Crippen molar-refractivity contribution < 1.29 is 13.2 Å². The number of likely N-dealkylation sites (N-methyl/N-ethyl adjacent to an activating group) is 1. The summed E-state index contributed by atoms with van der Waals surface area (Å²) in [5, 5.41) is 16.4. The van der Waals surface area contributed by atoms with Gasteiger partial charge in [0.25, 0.3) is 0 Å². The summed E-state index contributed by atoms with van der Waals surface area (Å²) in [5.74, 6) is 1.03. The van der Waals surface area contributed by atoms with E-state index in [9.17, 15) is 18.4 Å². The van der Waals surface area contributed by atoms with Crippen LogP contribution in [0.4, 0.5) is 24.9 Å². The molecule has 1 fully saturated rings. The Bertz CT molecular complexity index is 1460. The first-order chi connectivity index (χ1) is 17.7. The molecule has 0 aliphatic carbocycles. The molecule has 0 saturated carbocycles. The first-order valence-corrected chi connectivity index (χ1v) is 11.7. The highest BCUT2D eigenvalue weighted by Gasteiger charge is 2.31. The SMILES string of the molecule is CC(Nc1ncc(C#N)c(-c2c[nH]c3ncc(C(F)(F)F)cc23)n1)c1ccc(NC2CCN(C)C2)nc1. The third kappa shape index (κ3) is 5.17. The van der Waals surface area contributed by atoms with Crippen LogP contribution in [0.25, 0.3) is 22.3 Å². The fraction of sp³-hybridized carbons (Fsp3) is 0.320. The fourth-order valence-corrected chi connectivity index (χ4v) is 4.38. The van der Waals surface area contributed by atoms with Crippen LogP contribution in [0.3, 0.4) is 0 Å². The highest BCUT2D eigenvalue weighted by atomic mass is 19.4. The molecule has 1 saturated heterocycles. The Kier molecular flexibility index (Phi) is 6.39. The Morgan fingerprint density at radius 2 is 2.03 bits per heavy atom. The number of fused-ring (bicyclic) bond motifs is 1. The molecule has 12 heteroatoms. The summed E-state index contributed by atoms with van der Waals surface area (Å²) >= 11 is 0. The number of likely N-dealkylation sites (tertiary alicyclic amines) is 1. The molecular formula is C25H24F3N9. The normalized spacial score (nSPS) is 17.0. The first kappa shape index (κ1) is 24.5. The third-order valence-corrected chi connectivity index (χ3v) is 6.40. The van der Waals surface area contributed by atoms with E-state index in [1.54, 1.807) is 6.20 Å². The molecule has 0 radical (unpaired) electrons. The number of aromatic amines is 1. The predicted molar refractivity (Wildman–Crippen MR) is 133 cm³/mol. The highest BCUT2D eigenvalue weighted by Crippen LogP contribution is 2.35. The van der Waals surface area contributed by atoms with Crippen molar-refractivity contribution in [3.8, 4) is 17.3 Å². The van der Waals surface area contributed by atoms with E-state index < -0.39 is 11.7 Å². The topological polar surface area (TPSA) is 118 Å². The molecule has 1 aliphatic rings. The van der Waals surface area contributed by atoms with Crippen LogP contribution < -0.4 is 10.6 Å². The van der Waals surface area contributed by atoms with Crippen LogP contribution in [0, 0.1) is 11.3 Å². The van der Waals surface area contributed by atoms with Gasteiger partial charge < -0.3 is 20.5 Å². The van der Waals surface area contributed by atoms with Crippen LogP contribution in [0.5, 0.6) is 0 Å². The predicted octanol–water partition coefficient (Wildman–Crippen LogP) is 4.59. The van der Waals surface area contributed by atoms with Crippen molar-refractivity contribution >= 4 is 22.8 Å². The van der Waals surface area contributed by atoms with Crippen molar-refractivity contribution in [1.82, 2.24) is 29.8 Å². The lowest BCUT2D eigenvalue weighted by atomic mass is 10.1. The molecular weight excluding hydrogens is 483 g/mol. The van der Waals surface area contributed by atoms with Crippen molar-refractivity contribution in [3.63, 3.8) is 0 Å². The summed E-state index contributed by atoms with van der Waals surface area (Å²) in [6.45, 7) is 3.95. The van der Waals surface area contributed by atoms with Crippen molar-refractivity contribution in [1.29, 1.82) is 5.26 Å². The number of alkyl halides is 3. The average Bonchev–Trinajstić information content (AvgIpc) is 3.49. The quantitative estimate of drug-likeness (QED) is 0.347. The zero-order valence-electron chi connectivity index (χ0n) is 20.1. The monoisotopic (exact) mass is 507 g/mol. The van der Waals surface area contributed by atoms with Crippen LogP contribution in [0.15, 0.2) is 43.0 Å².